The second-order valence-corrected chi connectivity index (χ2v) is 5.43. The van der Waals surface area contributed by atoms with E-state index >= 15 is 0 Å². The Hall–Kier alpha value is -2.14. The molecule has 5 heteroatoms. The molecule has 4 nitrogen and oxygen atoms in total. The summed E-state index contributed by atoms with van der Waals surface area (Å²) in [4.78, 5) is 24.5. The summed E-state index contributed by atoms with van der Waals surface area (Å²) in [6, 6.07) is 12.2. The van der Waals surface area contributed by atoms with Gasteiger partial charge in [-0.05, 0) is 23.4 Å². The first-order chi connectivity index (χ1) is 9.66. The number of benzene rings is 1. The molecule has 2 rings (SSSR count). The van der Waals surface area contributed by atoms with Crippen LogP contribution in [-0.4, -0.2) is 11.8 Å². The molecular formula is C15H16N2O2S. The Morgan fingerprint density at radius 1 is 1.15 bits per heavy atom. The molecule has 2 aromatic rings. The molecule has 0 fully saturated rings. The highest BCUT2D eigenvalue weighted by Crippen LogP contribution is 2.14. The van der Waals surface area contributed by atoms with Crippen LogP contribution in [0.1, 0.15) is 22.9 Å². The van der Waals surface area contributed by atoms with E-state index in [-0.39, 0.29) is 5.91 Å². The first kappa shape index (κ1) is 14.3. The zero-order valence-electron chi connectivity index (χ0n) is 10.9. The second kappa shape index (κ2) is 6.86. The van der Waals surface area contributed by atoms with Gasteiger partial charge in [-0.15, -0.1) is 11.3 Å². The quantitative estimate of drug-likeness (QED) is 0.853. The second-order valence-electron chi connectivity index (χ2n) is 4.39. The Kier molecular flexibility index (Phi) is 4.90. The minimum absolute atomic E-state index is 0.175. The lowest BCUT2D eigenvalue weighted by atomic mass is 10.1. The third kappa shape index (κ3) is 3.93. The third-order valence-electron chi connectivity index (χ3n) is 2.90. The smallest absolute Gasteiger partial charge is 0.244 e. The number of nitrogens with one attached hydrogen (secondary N) is 1. The number of carbonyl (C=O) groups is 2. The number of rotatable bonds is 6. The highest BCUT2D eigenvalue weighted by molar-refractivity contribution is 7.09. The lowest BCUT2D eigenvalue weighted by Gasteiger charge is -2.15. The summed E-state index contributed by atoms with van der Waals surface area (Å²) >= 11 is 1.61. The Bertz CT molecular complexity index is 567. The van der Waals surface area contributed by atoms with E-state index in [1.807, 2.05) is 35.7 Å². The van der Waals surface area contributed by atoms with E-state index in [4.69, 9.17) is 5.73 Å². The predicted octanol–water partition coefficient (Wildman–Crippen LogP) is 2.02. The molecule has 1 unspecified atom stereocenters. The van der Waals surface area contributed by atoms with E-state index in [0.717, 1.165) is 4.88 Å². The topological polar surface area (TPSA) is 72.2 Å². The molecule has 1 heterocycles. The molecule has 0 bridgehead atoms. The van der Waals surface area contributed by atoms with Gasteiger partial charge in [0.1, 0.15) is 6.04 Å². The van der Waals surface area contributed by atoms with Crippen molar-refractivity contribution in [3.05, 3.63) is 58.3 Å². The van der Waals surface area contributed by atoms with Crippen molar-refractivity contribution in [2.75, 3.05) is 0 Å². The third-order valence-corrected chi connectivity index (χ3v) is 3.84. The van der Waals surface area contributed by atoms with Crippen molar-refractivity contribution in [1.82, 2.24) is 5.32 Å². The molecule has 0 spiro atoms. The van der Waals surface area contributed by atoms with Crippen molar-refractivity contribution in [2.24, 2.45) is 5.73 Å². The van der Waals surface area contributed by atoms with Gasteiger partial charge in [0, 0.05) is 11.3 Å². The van der Waals surface area contributed by atoms with E-state index in [1.165, 1.54) is 0 Å². The highest BCUT2D eigenvalue weighted by Gasteiger charge is 2.19. The molecule has 0 aliphatic heterocycles. The fourth-order valence-electron chi connectivity index (χ4n) is 1.89. The molecule has 1 atom stereocenters. The van der Waals surface area contributed by atoms with Gasteiger partial charge in [0.15, 0.2) is 0 Å². The molecule has 1 aromatic heterocycles. The Balaban J connectivity index is 1.95. The molecule has 0 saturated carbocycles. The van der Waals surface area contributed by atoms with E-state index in [1.54, 1.807) is 23.5 Å². The van der Waals surface area contributed by atoms with Gasteiger partial charge in [0.05, 0.1) is 0 Å². The van der Waals surface area contributed by atoms with Crippen LogP contribution in [0, 0.1) is 0 Å². The van der Waals surface area contributed by atoms with Crippen LogP contribution in [-0.2, 0) is 16.0 Å². The summed E-state index contributed by atoms with van der Waals surface area (Å²) in [5.74, 6) is -0.730. The molecular weight excluding hydrogens is 272 g/mol. The van der Waals surface area contributed by atoms with E-state index in [2.05, 4.69) is 5.32 Å². The van der Waals surface area contributed by atoms with E-state index in [0.29, 0.717) is 18.4 Å². The van der Waals surface area contributed by atoms with Crippen LogP contribution in [0.15, 0.2) is 47.8 Å². The van der Waals surface area contributed by atoms with E-state index < -0.39 is 11.9 Å². The van der Waals surface area contributed by atoms with E-state index in [9.17, 15) is 9.59 Å². The Morgan fingerprint density at radius 2 is 1.90 bits per heavy atom. The Labute approximate surface area is 121 Å². The van der Waals surface area contributed by atoms with Crippen molar-refractivity contribution in [3.8, 4) is 0 Å². The number of amides is 2. The largest absolute Gasteiger partial charge is 0.368 e. The molecule has 3 N–H and O–H groups in total. The number of hydrogen-bond donors (Lipinski definition) is 2. The van der Waals surface area contributed by atoms with Crippen molar-refractivity contribution in [1.29, 1.82) is 0 Å². The van der Waals surface area contributed by atoms with Gasteiger partial charge < -0.3 is 11.1 Å². The fraction of sp³-hybridized carbons (Fsp3) is 0.200. The minimum Gasteiger partial charge on any atom is -0.368 e. The lowest BCUT2D eigenvalue weighted by molar-refractivity contribution is -0.127. The summed E-state index contributed by atoms with van der Waals surface area (Å²) < 4.78 is 0. The molecule has 1 aromatic carbocycles. The number of hydrogen-bond acceptors (Lipinski definition) is 3. The zero-order chi connectivity index (χ0) is 14.4. The number of thiophene rings is 1. The van der Waals surface area contributed by atoms with Crippen LogP contribution >= 0.6 is 11.3 Å². The first-order valence-electron chi connectivity index (χ1n) is 6.33. The molecule has 104 valence electrons. The summed E-state index contributed by atoms with van der Waals surface area (Å²) in [5.41, 5.74) is 6.05. The molecule has 2 amide bonds. The van der Waals surface area contributed by atoms with Crippen LogP contribution in [0.25, 0.3) is 0 Å². The van der Waals surface area contributed by atoms with Crippen molar-refractivity contribution < 1.29 is 9.59 Å². The molecule has 0 aliphatic carbocycles. The number of primary amides is 1. The van der Waals surface area contributed by atoms with Crippen molar-refractivity contribution >= 4 is 23.2 Å². The van der Waals surface area contributed by atoms with Crippen molar-refractivity contribution in [3.63, 3.8) is 0 Å². The van der Waals surface area contributed by atoms with Crippen LogP contribution in [0.4, 0.5) is 0 Å². The first-order valence-corrected chi connectivity index (χ1v) is 7.21. The summed E-state index contributed by atoms with van der Waals surface area (Å²) in [5, 5.41) is 4.66. The zero-order valence-corrected chi connectivity index (χ0v) is 11.7. The van der Waals surface area contributed by atoms with Gasteiger partial charge in [0.25, 0.3) is 0 Å². The summed E-state index contributed by atoms with van der Waals surface area (Å²) in [7, 11) is 0. The molecule has 0 saturated heterocycles. The Morgan fingerprint density at radius 3 is 2.50 bits per heavy atom. The number of nitrogens with two attached hydrogens (primary N) is 1. The highest BCUT2D eigenvalue weighted by atomic mass is 32.1. The lowest BCUT2D eigenvalue weighted by Crippen LogP contribution is -2.37. The SMILES string of the molecule is NC(=O)C(NC(=O)CCc1cccs1)c1ccccc1. The van der Waals surface area contributed by atoms with Crippen LogP contribution < -0.4 is 11.1 Å². The maximum absolute atomic E-state index is 11.9. The molecule has 0 aliphatic rings. The van der Waals surface area contributed by atoms with Crippen molar-refractivity contribution in [2.45, 2.75) is 18.9 Å². The standard InChI is InChI=1S/C15H16N2O2S/c16-15(19)14(11-5-2-1-3-6-11)17-13(18)9-8-12-7-4-10-20-12/h1-7,10,14H,8-9H2,(H2,16,19)(H,17,18). The number of carbonyl (C=O) groups excluding carboxylic acids is 2. The number of aryl methyl sites for hydroxylation is 1. The van der Waals surface area contributed by atoms with Gasteiger partial charge >= 0.3 is 0 Å². The van der Waals surface area contributed by atoms with Crippen LogP contribution in [0.2, 0.25) is 0 Å². The fourth-order valence-corrected chi connectivity index (χ4v) is 2.60. The maximum atomic E-state index is 11.9. The average molecular weight is 288 g/mol. The normalized spacial score (nSPS) is 11.8. The minimum atomic E-state index is -0.771. The van der Waals surface area contributed by atoms with Gasteiger partial charge in [-0.1, -0.05) is 36.4 Å². The van der Waals surface area contributed by atoms with Gasteiger partial charge in [-0.2, -0.15) is 0 Å². The monoisotopic (exact) mass is 288 g/mol. The average Bonchev–Trinajstić information content (AvgIpc) is 2.96. The van der Waals surface area contributed by atoms with Gasteiger partial charge in [0.2, 0.25) is 11.8 Å². The van der Waals surface area contributed by atoms with Crippen LogP contribution in [0.3, 0.4) is 0 Å². The molecule has 0 radical (unpaired) electrons. The van der Waals surface area contributed by atoms with Gasteiger partial charge in [-0.3, -0.25) is 9.59 Å². The molecule has 20 heavy (non-hydrogen) atoms. The maximum Gasteiger partial charge on any atom is 0.244 e. The van der Waals surface area contributed by atoms with Gasteiger partial charge in [-0.25, -0.2) is 0 Å². The predicted molar refractivity (Wildman–Crippen MR) is 79.2 cm³/mol. The summed E-state index contributed by atoms with van der Waals surface area (Å²) in [6.07, 6.45) is 1.01. The van der Waals surface area contributed by atoms with Crippen LogP contribution in [0.5, 0.6) is 0 Å². The summed E-state index contributed by atoms with van der Waals surface area (Å²) in [6.45, 7) is 0.